The van der Waals surface area contributed by atoms with Crippen LogP contribution in [0.3, 0.4) is 0 Å². The van der Waals surface area contributed by atoms with Crippen LogP contribution in [-0.4, -0.2) is 26.0 Å². The molecular weight excluding hydrogens is 280 g/mol. The van der Waals surface area contributed by atoms with E-state index < -0.39 is 0 Å². The lowest BCUT2D eigenvalue weighted by molar-refractivity contribution is 0.0962. The molecule has 5 nitrogen and oxygen atoms in total. The minimum absolute atomic E-state index is 0.156. The van der Waals surface area contributed by atoms with Gasteiger partial charge in [0.25, 0.3) is 11.8 Å². The summed E-state index contributed by atoms with van der Waals surface area (Å²) in [6.07, 6.45) is 0. The van der Waals surface area contributed by atoms with Gasteiger partial charge in [-0.2, -0.15) is 0 Å². The highest BCUT2D eigenvalue weighted by Gasteiger charge is 2.10. The fraction of sp³-hybridized carbons (Fsp3) is 0.176. The Balaban J connectivity index is 2.15. The van der Waals surface area contributed by atoms with Crippen LogP contribution >= 0.6 is 0 Å². The Bertz CT molecular complexity index is 694. The van der Waals surface area contributed by atoms with Crippen LogP contribution in [0, 0.1) is 6.92 Å². The fourth-order valence-corrected chi connectivity index (χ4v) is 2.03. The molecule has 0 spiro atoms. The van der Waals surface area contributed by atoms with Gasteiger partial charge in [0, 0.05) is 23.9 Å². The molecule has 2 aromatic rings. The lowest BCUT2D eigenvalue weighted by Gasteiger charge is -2.10. The van der Waals surface area contributed by atoms with Crippen molar-refractivity contribution in [3.8, 4) is 5.75 Å². The van der Waals surface area contributed by atoms with Crippen LogP contribution in [0.2, 0.25) is 0 Å². The van der Waals surface area contributed by atoms with E-state index in [2.05, 4.69) is 10.6 Å². The average molecular weight is 298 g/mol. The summed E-state index contributed by atoms with van der Waals surface area (Å²) in [7, 11) is 3.16. The Kier molecular flexibility index (Phi) is 4.78. The highest BCUT2D eigenvalue weighted by Crippen LogP contribution is 2.18. The van der Waals surface area contributed by atoms with Gasteiger partial charge in [0.1, 0.15) is 5.75 Å². The Labute approximate surface area is 129 Å². The van der Waals surface area contributed by atoms with Crippen molar-refractivity contribution >= 4 is 17.5 Å². The smallest absolute Gasteiger partial charge is 0.255 e. The molecular formula is C17H18N2O3. The van der Waals surface area contributed by atoms with Gasteiger partial charge < -0.3 is 15.4 Å². The highest BCUT2D eigenvalue weighted by atomic mass is 16.5. The van der Waals surface area contributed by atoms with Crippen molar-refractivity contribution in [3.63, 3.8) is 0 Å². The third kappa shape index (κ3) is 3.44. The third-order valence-electron chi connectivity index (χ3n) is 3.32. The predicted octanol–water partition coefficient (Wildman–Crippen LogP) is 2.62. The maximum Gasteiger partial charge on any atom is 0.255 e. The summed E-state index contributed by atoms with van der Waals surface area (Å²) in [6, 6.07) is 12.0. The number of carbonyl (C=O) groups excluding carboxylic acids is 2. The normalized spacial score (nSPS) is 9.95. The van der Waals surface area contributed by atoms with Gasteiger partial charge >= 0.3 is 0 Å². The molecule has 0 fully saturated rings. The van der Waals surface area contributed by atoms with E-state index in [1.807, 2.05) is 6.92 Å². The lowest BCUT2D eigenvalue weighted by atomic mass is 10.1. The molecule has 0 aliphatic carbocycles. The van der Waals surface area contributed by atoms with E-state index in [1.54, 1.807) is 56.6 Å². The number of rotatable bonds is 4. The predicted molar refractivity (Wildman–Crippen MR) is 85.5 cm³/mol. The number of aryl methyl sites for hydroxylation is 1. The summed E-state index contributed by atoms with van der Waals surface area (Å²) in [5.41, 5.74) is 2.59. The fourth-order valence-electron chi connectivity index (χ4n) is 2.03. The van der Waals surface area contributed by atoms with Crippen LogP contribution in [0.4, 0.5) is 5.69 Å². The molecule has 0 unspecified atom stereocenters. The number of anilines is 1. The van der Waals surface area contributed by atoms with E-state index in [0.717, 1.165) is 5.56 Å². The van der Waals surface area contributed by atoms with E-state index in [9.17, 15) is 9.59 Å². The standard InChI is InChI=1S/C17H18N2O3/c1-11-10-13(16(20)18-2)6-9-15(11)19-17(21)12-4-7-14(22-3)8-5-12/h4-10H,1-3H3,(H,18,20)(H,19,21). The van der Waals surface area contributed by atoms with E-state index in [0.29, 0.717) is 22.6 Å². The molecule has 0 radical (unpaired) electrons. The first-order valence-electron chi connectivity index (χ1n) is 6.83. The van der Waals surface area contributed by atoms with Crippen LogP contribution < -0.4 is 15.4 Å². The van der Waals surface area contributed by atoms with Crippen molar-refractivity contribution < 1.29 is 14.3 Å². The van der Waals surface area contributed by atoms with E-state index in [1.165, 1.54) is 0 Å². The Morgan fingerprint density at radius 3 is 2.14 bits per heavy atom. The highest BCUT2D eigenvalue weighted by molar-refractivity contribution is 6.05. The summed E-state index contributed by atoms with van der Waals surface area (Å²) in [5, 5.41) is 5.40. The molecule has 2 aromatic carbocycles. The summed E-state index contributed by atoms with van der Waals surface area (Å²) >= 11 is 0. The zero-order chi connectivity index (χ0) is 16.1. The molecule has 0 heterocycles. The van der Waals surface area contributed by atoms with Crippen molar-refractivity contribution in [2.45, 2.75) is 6.92 Å². The van der Waals surface area contributed by atoms with Crippen molar-refractivity contribution in [1.82, 2.24) is 5.32 Å². The molecule has 0 bridgehead atoms. The van der Waals surface area contributed by atoms with Gasteiger partial charge in [0.05, 0.1) is 7.11 Å². The summed E-state index contributed by atoms with van der Waals surface area (Å²) in [5.74, 6) is 0.331. The summed E-state index contributed by atoms with van der Waals surface area (Å²) < 4.78 is 5.06. The van der Waals surface area contributed by atoms with E-state index >= 15 is 0 Å². The molecule has 0 saturated carbocycles. The maximum atomic E-state index is 12.2. The quantitative estimate of drug-likeness (QED) is 0.911. The monoisotopic (exact) mass is 298 g/mol. The SMILES string of the molecule is CNC(=O)c1ccc(NC(=O)c2ccc(OC)cc2)c(C)c1. The van der Waals surface area contributed by atoms with Crippen LogP contribution in [0.1, 0.15) is 26.3 Å². The second kappa shape index (κ2) is 6.76. The number of carbonyl (C=O) groups is 2. The van der Waals surface area contributed by atoms with Gasteiger partial charge in [-0.15, -0.1) is 0 Å². The molecule has 2 amide bonds. The number of methoxy groups -OCH3 is 1. The van der Waals surface area contributed by atoms with Gasteiger partial charge in [-0.25, -0.2) is 0 Å². The van der Waals surface area contributed by atoms with Gasteiger partial charge in [-0.1, -0.05) is 0 Å². The Hall–Kier alpha value is -2.82. The molecule has 114 valence electrons. The van der Waals surface area contributed by atoms with Crippen molar-refractivity contribution in [1.29, 1.82) is 0 Å². The molecule has 0 aromatic heterocycles. The number of amides is 2. The van der Waals surface area contributed by atoms with E-state index in [4.69, 9.17) is 4.74 Å². The van der Waals surface area contributed by atoms with Gasteiger partial charge in [-0.3, -0.25) is 9.59 Å². The lowest BCUT2D eigenvalue weighted by Crippen LogP contribution is -2.18. The van der Waals surface area contributed by atoms with Crippen molar-refractivity contribution in [2.24, 2.45) is 0 Å². The van der Waals surface area contributed by atoms with Crippen LogP contribution in [0.15, 0.2) is 42.5 Å². The zero-order valence-corrected chi connectivity index (χ0v) is 12.8. The number of nitrogens with one attached hydrogen (secondary N) is 2. The summed E-state index contributed by atoms with van der Waals surface area (Å²) in [4.78, 5) is 23.8. The molecule has 0 saturated heterocycles. The average Bonchev–Trinajstić information content (AvgIpc) is 2.55. The second-order valence-corrected chi connectivity index (χ2v) is 4.79. The minimum Gasteiger partial charge on any atom is -0.497 e. The number of ether oxygens (including phenoxy) is 1. The maximum absolute atomic E-state index is 12.2. The van der Waals surface area contributed by atoms with Crippen LogP contribution in [-0.2, 0) is 0 Å². The number of hydrogen-bond acceptors (Lipinski definition) is 3. The first kappa shape index (κ1) is 15.6. The van der Waals surface area contributed by atoms with Gasteiger partial charge in [0.2, 0.25) is 0 Å². The van der Waals surface area contributed by atoms with Crippen molar-refractivity contribution in [3.05, 3.63) is 59.2 Å². The van der Waals surface area contributed by atoms with E-state index in [-0.39, 0.29) is 11.8 Å². The molecule has 5 heteroatoms. The Morgan fingerprint density at radius 1 is 0.955 bits per heavy atom. The first-order chi connectivity index (χ1) is 10.5. The molecule has 0 aliphatic rings. The first-order valence-corrected chi connectivity index (χ1v) is 6.83. The number of hydrogen-bond donors (Lipinski definition) is 2. The molecule has 22 heavy (non-hydrogen) atoms. The van der Waals surface area contributed by atoms with Gasteiger partial charge in [0.15, 0.2) is 0 Å². The topological polar surface area (TPSA) is 67.4 Å². The molecule has 0 atom stereocenters. The zero-order valence-electron chi connectivity index (χ0n) is 12.8. The molecule has 2 rings (SSSR count). The largest absolute Gasteiger partial charge is 0.497 e. The minimum atomic E-state index is -0.210. The second-order valence-electron chi connectivity index (χ2n) is 4.79. The van der Waals surface area contributed by atoms with Crippen molar-refractivity contribution in [2.75, 3.05) is 19.5 Å². The third-order valence-corrected chi connectivity index (χ3v) is 3.32. The molecule has 0 aliphatic heterocycles. The summed E-state index contributed by atoms with van der Waals surface area (Å²) in [6.45, 7) is 1.84. The Morgan fingerprint density at radius 2 is 1.59 bits per heavy atom. The number of benzene rings is 2. The molecule has 2 N–H and O–H groups in total. The van der Waals surface area contributed by atoms with Crippen LogP contribution in [0.5, 0.6) is 5.75 Å². The van der Waals surface area contributed by atoms with Crippen LogP contribution in [0.25, 0.3) is 0 Å². The van der Waals surface area contributed by atoms with Gasteiger partial charge in [-0.05, 0) is 55.0 Å².